The van der Waals surface area contributed by atoms with Gasteiger partial charge in [0.1, 0.15) is 4.88 Å². The average molecular weight is 386 g/mol. The van der Waals surface area contributed by atoms with Crippen molar-refractivity contribution < 1.29 is 9.53 Å². The van der Waals surface area contributed by atoms with Crippen LogP contribution in [0.2, 0.25) is 0 Å². The molecule has 1 amide bonds. The molecule has 1 aliphatic heterocycles. The van der Waals surface area contributed by atoms with Crippen LogP contribution in [0.15, 0.2) is 24.3 Å². The van der Waals surface area contributed by atoms with Gasteiger partial charge in [-0.05, 0) is 37.3 Å². The highest BCUT2D eigenvalue weighted by Gasteiger charge is 2.32. The Labute approximate surface area is 165 Å². The van der Waals surface area contributed by atoms with Gasteiger partial charge < -0.3 is 14.5 Å². The van der Waals surface area contributed by atoms with E-state index in [0.717, 1.165) is 67.8 Å². The molecule has 0 saturated carbocycles. The lowest BCUT2D eigenvalue weighted by Gasteiger charge is -2.28. The van der Waals surface area contributed by atoms with Crippen LogP contribution >= 0.6 is 11.3 Å². The van der Waals surface area contributed by atoms with Gasteiger partial charge in [0.2, 0.25) is 0 Å². The zero-order chi connectivity index (χ0) is 18.8. The molecule has 144 valence electrons. The molecular formula is C21H27N3O2S. The number of ether oxygens (including phenoxy) is 1. The van der Waals surface area contributed by atoms with Crippen LogP contribution < -0.4 is 4.90 Å². The fourth-order valence-corrected chi connectivity index (χ4v) is 5.12. The van der Waals surface area contributed by atoms with Crippen molar-refractivity contribution in [2.24, 2.45) is 0 Å². The quantitative estimate of drug-likeness (QED) is 0.792. The number of benzene rings is 1. The minimum atomic E-state index is 0.143. The van der Waals surface area contributed by atoms with E-state index in [4.69, 9.17) is 9.72 Å². The molecule has 4 rings (SSSR count). The fraction of sp³-hybridized carbons (Fsp3) is 0.524. The maximum Gasteiger partial charge on any atom is 0.266 e. The number of rotatable bonds is 5. The van der Waals surface area contributed by atoms with Crippen LogP contribution in [0, 0.1) is 6.92 Å². The first-order valence-corrected chi connectivity index (χ1v) is 10.7. The predicted octanol–water partition coefficient (Wildman–Crippen LogP) is 3.31. The van der Waals surface area contributed by atoms with Crippen molar-refractivity contribution >= 4 is 22.4 Å². The lowest BCUT2D eigenvalue weighted by atomic mass is 10.1. The summed E-state index contributed by atoms with van der Waals surface area (Å²) in [4.78, 5) is 23.3. The molecule has 1 saturated heterocycles. The molecule has 2 aliphatic rings. The van der Waals surface area contributed by atoms with E-state index in [1.165, 1.54) is 22.5 Å². The lowest BCUT2D eigenvalue weighted by Crippen LogP contribution is -2.41. The molecule has 5 nitrogen and oxygen atoms in total. The third-order valence-corrected chi connectivity index (χ3v) is 6.66. The fourth-order valence-electron chi connectivity index (χ4n) is 4.05. The Kier molecular flexibility index (Phi) is 5.45. The summed E-state index contributed by atoms with van der Waals surface area (Å²) >= 11 is 1.54. The molecule has 0 radical (unpaired) electrons. The molecule has 2 aromatic rings. The van der Waals surface area contributed by atoms with Crippen LogP contribution in [0.3, 0.4) is 0 Å². The number of nitrogens with zero attached hydrogens (tertiary/aromatic N) is 3. The second-order valence-corrected chi connectivity index (χ2v) is 8.32. The van der Waals surface area contributed by atoms with Gasteiger partial charge in [-0.15, -0.1) is 0 Å². The van der Waals surface area contributed by atoms with Crippen molar-refractivity contribution in [1.29, 1.82) is 0 Å². The van der Waals surface area contributed by atoms with Crippen LogP contribution in [0.25, 0.3) is 0 Å². The Balaban J connectivity index is 1.55. The summed E-state index contributed by atoms with van der Waals surface area (Å²) in [6.45, 7) is 8.03. The second kappa shape index (κ2) is 7.98. The largest absolute Gasteiger partial charge is 0.378 e. The number of aromatic nitrogens is 1. The van der Waals surface area contributed by atoms with Gasteiger partial charge in [0.15, 0.2) is 5.13 Å². The minimum absolute atomic E-state index is 0.143. The highest BCUT2D eigenvalue weighted by atomic mass is 32.1. The summed E-state index contributed by atoms with van der Waals surface area (Å²) in [6.07, 6.45) is 2.87. The van der Waals surface area contributed by atoms with Crippen molar-refractivity contribution in [3.05, 3.63) is 46.0 Å². The molecule has 1 aromatic carbocycles. The molecule has 1 fully saturated rings. The molecule has 0 unspecified atom stereocenters. The number of amides is 1. The lowest BCUT2D eigenvalue weighted by molar-refractivity contribution is 0.0689. The number of morpholine rings is 1. The number of anilines is 1. The van der Waals surface area contributed by atoms with E-state index in [0.29, 0.717) is 0 Å². The highest BCUT2D eigenvalue weighted by molar-refractivity contribution is 7.17. The van der Waals surface area contributed by atoms with Crippen LogP contribution in [-0.4, -0.2) is 54.7 Å². The Morgan fingerprint density at radius 2 is 1.93 bits per heavy atom. The number of aryl methyl sites for hydroxylation is 1. The summed E-state index contributed by atoms with van der Waals surface area (Å²) < 4.78 is 5.43. The van der Waals surface area contributed by atoms with Crippen molar-refractivity contribution in [1.82, 2.24) is 9.88 Å². The maximum atomic E-state index is 13.4. The number of carbonyl (C=O) groups excluding carboxylic acids is 1. The summed E-state index contributed by atoms with van der Waals surface area (Å²) in [6, 6.07) is 8.82. The zero-order valence-corrected chi connectivity index (χ0v) is 16.9. The Hall–Kier alpha value is -1.92. The number of fused-ring (bicyclic) bond motifs is 1. The van der Waals surface area contributed by atoms with Gasteiger partial charge in [-0.1, -0.05) is 42.5 Å². The van der Waals surface area contributed by atoms with Gasteiger partial charge in [0.25, 0.3) is 5.91 Å². The maximum absolute atomic E-state index is 13.4. The van der Waals surface area contributed by atoms with Gasteiger partial charge in [-0.3, -0.25) is 4.79 Å². The summed E-state index contributed by atoms with van der Waals surface area (Å²) in [5.74, 6) is 0.143. The molecule has 1 aromatic heterocycles. The van der Waals surface area contributed by atoms with Crippen LogP contribution in [0.4, 0.5) is 5.13 Å². The molecule has 0 bridgehead atoms. The van der Waals surface area contributed by atoms with E-state index < -0.39 is 0 Å². The van der Waals surface area contributed by atoms with E-state index in [9.17, 15) is 4.79 Å². The van der Waals surface area contributed by atoms with Crippen molar-refractivity contribution in [3.63, 3.8) is 0 Å². The van der Waals surface area contributed by atoms with E-state index >= 15 is 0 Å². The van der Waals surface area contributed by atoms with Gasteiger partial charge >= 0.3 is 0 Å². The molecule has 0 N–H and O–H groups in total. The summed E-state index contributed by atoms with van der Waals surface area (Å²) in [5.41, 5.74) is 3.61. The Bertz CT molecular complexity index is 789. The zero-order valence-electron chi connectivity index (χ0n) is 16.1. The molecule has 0 spiro atoms. The first-order valence-electron chi connectivity index (χ1n) is 9.85. The highest BCUT2D eigenvalue weighted by Crippen LogP contribution is 2.31. The predicted molar refractivity (Wildman–Crippen MR) is 109 cm³/mol. The van der Waals surface area contributed by atoms with Gasteiger partial charge in [0.05, 0.1) is 18.9 Å². The van der Waals surface area contributed by atoms with Crippen molar-refractivity contribution in [2.45, 2.75) is 39.2 Å². The first-order chi connectivity index (χ1) is 13.2. The number of hydrogen-bond acceptors (Lipinski definition) is 5. The number of hydrogen-bond donors (Lipinski definition) is 0. The third-order valence-electron chi connectivity index (χ3n) is 5.46. The minimum Gasteiger partial charge on any atom is -0.378 e. The van der Waals surface area contributed by atoms with Crippen LogP contribution in [0.1, 0.15) is 39.8 Å². The standard InChI is InChI=1S/C21H27N3O2S/c1-3-8-24(18-13-16-6-4-5-7-17(16)14-18)20(25)19-15(2)22-21(27-19)23-9-11-26-12-10-23/h4-7,18H,3,8-14H2,1-2H3. The normalized spacial score (nSPS) is 17.2. The third kappa shape index (κ3) is 3.73. The Morgan fingerprint density at radius 1 is 1.26 bits per heavy atom. The molecule has 6 heteroatoms. The summed E-state index contributed by atoms with van der Waals surface area (Å²) in [7, 11) is 0. The molecule has 0 atom stereocenters. The second-order valence-electron chi connectivity index (χ2n) is 7.34. The van der Waals surface area contributed by atoms with E-state index in [1.807, 2.05) is 6.92 Å². The molecule has 2 heterocycles. The molecule has 27 heavy (non-hydrogen) atoms. The first kappa shape index (κ1) is 18.4. The Morgan fingerprint density at radius 3 is 2.56 bits per heavy atom. The topological polar surface area (TPSA) is 45.7 Å². The molecular weight excluding hydrogens is 358 g/mol. The SMILES string of the molecule is CCCN(C(=O)c1sc(N2CCOCC2)nc1C)C1Cc2ccccc2C1. The summed E-state index contributed by atoms with van der Waals surface area (Å²) in [5, 5.41) is 0.949. The van der Waals surface area contributed by atoms with Crippen molar-refractivity contribution in [2.75, 3.05) is 37.7 Å². The smallest absolute Gasteiger partial charge is 0.266 e. The van der Waals surface area contributed by atoms with Gasteiger partial charge in [0, 0.05) is 25.7 Å². The van der Waals surface area contributed by atoms with Crippen LogP contribution in [-0.2, 0) is 17.6 Å². The van der Waals surface area contributed by atoms with Crippen molar-refractivity contribution in [3.8, 4) is 0 Å². The van der Waals surface area contributed by atoms with E-state index in [1.54, 1.807) is 0 Å². The molecule has 1 aliphatic carbocycles. The van der Waals surface area contributed by atoms with E-state index in [-0.39, 0.29) is 11.9 Å². The van der Waals surface area contributed by atoms with E-state index in [2.05, 4.69) is 41.0 Å². The number of carbonyl (C=O) groups is 1. The van der Waals surface area contributed by atoms with Gasteiger partial charge in [-0.25, -0.2) is 4.98 Å². The van der Waals surface area contributed by atoms with Crippen LogP contribution in [0.5, 0.6) is 0 Å². The average Bonchev–Trinajstić information content (AvgIpc) is 3.29. The van der Waals surface area contributed by atoms with Gasteiger partial charge in [-0.2, -0.15) is 0 Å². The monoisotopic (exact) mass is 385 g/mol. The number of thiazole rings is 1.